The van der Waals surface area contributed by atoms with Gasteiger partial charge in [0, 0.05) is 31.8 Å². The molecule has 2 unspecified atom stereocenters. The maximum Gasteiger partial charge on any atom is 0.193 e. The van der Waals surface area contributed by atoms with Gasteiger partial charge in [-0.1, -0.05) is 11.6 Å². The molecule has 0 spiro atoms. The van der Waals surface area contributed by atoms with Gasteiger partial charge in [0.05, 0.1) is 25.4 Å². The highest BCUT2D eigenvalue weighted by Crippen LogP contribution is 2.19. The van der Waals surface area contributed by atoms with Gasteiger partial charge in [0.1, 0.15) is 11.9 Å². The minimum Gasteiger partial charge on any atom is -0.489 e. The van der Waals surface area contributed by atoms with Crippen molar-refractivity contribution in [2.75, 3.05) is 39.9 Å². The molecule has 0 radical (unpaired) electrons. The number of ether oxygens (including phenoxy) is 3. The summed E-state index contributed by atoms with van der Waals surface area (Å²) in [5.74, 6) is 1.74. The Bertz CT molecular complexity index is 633. The van der Waals surface area contributed by atoms with Crippen molar-refractivity contribution < 1.29 is 14.2 Å². The second kappa shape index (κ2) is 13.6. The van der Waals surface area contributed by atoms with Crippen LogP contribution in [-0.2, 0) is 9.47 Å². The first-order valence-corrected chi connectivity index (χ1v) is 11.1. The summed E-state index contributed by atoms with van der Waals surface area (Å²) in [5.41, 5.74) is 0. The Morgan fingerprint density at radius 3 is 2.60 bits per heavy atom. The fourth-order valence-electron chi connectivity index (χ4n) is 3.77. The van der Waals surface area contributed by atoms with E-state index in [9.17, 15) is 0 Å². The van der Waals surface area contributed by atoms with E-state index in [1.807, 2.05) is 38.2 Å². The van der Waals surface area contributed by atoms with Gasteiger partial charge in [-0.15, -0.1) is 24.0 Å². The first-order valence-electron chi connectivity index (χ1n) is 10.7. The fraction of sp³-hybridized carbons (Fsp3) is 0.682. The zero-order valence-electron chi connectivity index (χ0n) is 18.0. The second-order valence-electron chi connectivity index (χ2n) is 7.82. The Kier molecular flexibility index (Phi) is 11.6. The zero-order chi connectivity index (χ0) is 20.5. The third-order valence-corrected chi connectivity index (χ3v) is 5.70. The number of hydrogen-bond donors (Lipinski definition) is 1. The molecule has 3 rings (SSSR count). The van der Waals surface area contributed by atoms with E-state index in [2.05, 4.69) is 15.2 Å². The number of benzene rings is 1. The molecule has 2 aliphatic rings. The lowest BCUT2D eigenvalue weighted by Crippen LogP contribution is -2.49. The predicted molar refractivity (Wildman–Crippen MR) is 132 cm³/mol. The molecule has 0 bridgehead atoms. The smallest absolute Gasteiger partial charge is 0.193 e. The number of nitrogens with zero attached hydrogens (tertiary/aromatic N) is 2. The van der Waals surface area contributed by atoms with Gasteiger partial charge < -0.3 is 24.4 Å². The van der Waals surface area contributed by atoms with Crippen molar-refractivity contribution in [3.8, 4) is 5.75 Å². The molecule has 0 aromatic heterocycles. The number of guanidine groups is 1. The predicted octanol–water partition coefficient (Wildman–Crippen LogP) is 4.35. The Morgan fingerprint density at radius 2 is 1.97 bits per heavy atom. The molecule has 2 heterocycles. The number of rotatable bonds is 7. The van der Waals surface area contributed by atoms with Crippen molar-refractivity contribution in [2.24, 2.45) is 4.99 Å². The van der Waals surface area contributed by atoms with E-state index >= 15 is 0 Å². The largest absolute Gasteiger partial charge is 0.489 e. The van der Waals surface area contributed by atoms with Crippen LogP contribution in [0.25, 0.3) is 0 Å². The molecule has 2 atom stereocenters. The van der Waals surface area contributed by atoms with E-state index in [4.69, 9.17) is 25.8 Å². The zero-order valence-corrected chi connectivity index (χ0v) is 21.1. The van der Waals surface area contributed by atoms with Crippen LogP contribution < -0.4 is 10.1 Å². The highest BCUT2D eigenvalue weighted by molar-refractivity contribution is 14.0. The molecule has 170 valence electrons. The SMILES string of the molecule is CN=C(NCC(C)Oc1ccc(Cl)cc1)N1CCC(OCC2CCCCO2)CC1.I. The van der Waals surface area contributed by atoms with E-state index in [0.717, 1.165) is 57.3 Å². The van der Waals surface area contributed by atoms with Crippen LogP contribution in [0.1, 0.15) is 39.0 Å². The Hall–Kier alpha value is -0.770. The number of aliphatic imine (C=N–C) groups is 1. The van der Waals surface area contributed by atoms with Gasteiger partial charge in [0.25, 0.3) is 0 Å². The van der Waals surface area contributed by atoms with Gasteiger partial charge in [0.2, 0.25) is 0 Å². The maximum atomic E-state index is 6.12. The Labute approximate surface area is 202 Å². The summed E-state index contributed by atoms with van der Waals surface area (Å²) in [6.45, 7) is 6.24. The molecular weight excluding hydrogens is 517 g/mol. The third-order valence-electron chi connectivity index (χ3n) is 5.44. The van der Waals surface area contributed by atoms with E-state index < -0.39 is 0 Å². The highest BCUT2D eigenvalue weighted by Gasteiger charge is 2.24. The topological polar surface area (TPSA) is 55.3 Å². The fourth-order valence-corrected chi connectivity index (χ4v) is 3.90. The molecule has 2 fully saturated rings. The van der Waals surface area contributed by atoms with Gasteiger partial charge in [-0.3, -0.25) is 4.99 Å². The molecule has 1 aromatic carbocycles. The van der Waals surface area contributed by atoms with Gasteiger partial charge in [-0.05, 0) is 63.3 Å². The quantitative estimate of drug-likeness (QED) is 0.310. The summed E-state index contributed by atoms with van der Waals surface area (Å²) < 4.78 is 17.8. The van der Waals surface area contributed by atoms with Gasteiger partial charge >= 0.3 is 0 Å². The Morgan fingerprint density at radius 1 is 1.23 bits per heavy atom. The van der Waals surface area contributed by atoms with Crippen LogP contribution in [-0.4, -0.2) is 69.1 Å². The molecule has 0 saturated carbocycles. The summed E-state index contributed by atoms with van der Waals surface area (Å²) in [6, 6.07) is 7.44. The van der Waals surface area contributed by atoms with Gasteiger partial charge in [0.15, 0.2) is 5.96 Å². The lowest BCUT2D eigenvalue weighted by molar-refractivity contribution is -0.0721. The first kappa shape index (κ1) is 25.5. The molecular formula is C22H35ClIN3O3. The van der Waals surface area contributed by atoms with E-state index in [-0.39, 0.29) is 30.1 Å². The normalized spacial score (nSPS) is 21.6. The van der Waals surface area contributed by atoms with E-state index in [0.29, 0.717) is 23.8 Å². The monoisotopic (exact) mass is 551 g/mol. The number of halogens is 2. The summed E-state index contributed by atoms with van der Waals surface area (Å²) in [7, 11) is 1.83. The highest BCUT2D eigenvalue weighted by atomic mass is 127. The minimum atomic E-state index is 0. The van der Waals surface area contributed by atoms with Crippen molar-refractivity contribution in [3.63, 3.8) is 0 Å². The standard InChI is InChI=1S/C22H34ClN3O3.HI/c1-17(29-20-8-6-18(23)7-9-20)15-25-22(24-2)26-12-10-19(11-13-26)28-16-21-5-3-4-14-27-21;/h6-9,17,19,21H,3-5,10-16H2,1-2H3,(H,24,25);1H. The van der Waals surface area contributed by atoms with Crippen LogP contribution in [0.3, 0.4) is 0 Å². The van der Waals surface area contributed by atoms with Crippen molar-refractivity contribution in [1.82, 2.24) is 10.2 Å². The molecule has 2 saturated heterocycles. The number of nitrogens with one attached hydrogen (secondary N) is 1. The number of hydrogen-bond acceptors (Lipinski definition) is 4. The van der Waals surface area contributed by atoms with Crippen molar-refractivity contribution >= 4 is 41.5 Å². The van der Waals surface area contributed by atoms with Gasteiger partial charge in [-0.2, -0.15) is 0 Å². The summed E-state index contributed by atoms with van der Waals surface area (Å²) >= 11 is 5.92. The maximum absolute atomic E-state index is 6.12. The summed E-state index contributed by atoms with van der Waals surface area (Å²) in [6.07, 6.45) is 6.24. The van der Waals surface area contributed by atoms with Crippen molar-refractivity contribution in [2.45, 2.75) is 57.3 Å². The Balaban J connectivity index is 0.00000320. The molecule has 30 heavy (non-hydrogen) atoms. The van der Waals surface area contributed by atoms with Crippen LogP contribution in [0.4, 0.5) is 0 Å². The molecule has 6 nitrogen and oxygen atoms in total. The van der Waals surface area contributed by atoms with Crippen LogP contribution in [0.15, 0.2) is 29.3 Å². The van der Waals surface area contributed by atoms with E-state index in [1.165, 1.54) is 12.8 Å². The first-order chi connectivity index (χ1) is 14.1. The number of likely N-dealkylation sites (tertiary alicyclic amines) is 1. The van der Waals surface area contributed by atoms with Crippen molar-refractivity contribution in [1.29, 1.82) is 0 Å². The molecule has 2 aliphatic heterocycles. The molecule has 1 N–H and O–H groups in total. The molecule has 1 aromatic rings. The average Bonchev–Trinajstić information content (AvgIpc) is 2.76. The summed E-state index contributed by atoms with van der Waals surface area (Å²) in [4.78, 5) is 6.74. The number of piperidine rings is 1. The lowest BCUT2D eigenvalue weighted by atomic mass is 10.1. The molecule has 8 heteroatoms. The van der Waals surface area contributed by atoms with Crippen molar-refractivity contribution in [3.05, 3.63) is 29.3 Å². The molecule has 0 aliphatic carbocycles. The van der Waals surface area contributed by atoms with E-state index in [1.54, 1.807) is 0 Å². The summed E-state index contributed by atoms with van der Waals surface area (Å²) in [5, 5.41) is 4.14. The minimum absolute atomic E-state index is 0. The van der Waals surface area contributed by atoms with Gasteiger partial charge in [-0.25, -0.2) is 0 Å². The molecule has 0 amide bonds. The third kappa shape index (κ3) is 8.40. The second-order valence-corrected chi connectivity index (χ2v) is 8.26. The lowest BCUT2D eigenvalue weighted by Gasteiger charge is -2.35. The van der Waals surface area contributed by atoms with Crippen LogP contribution in [0.2, 0.25) is 5.02 Å². The average molecular weight is 552 g/mol. The van der Waals surface area contributed by atoms with Crippen LogP contribution in [0.5, 0.6) is 5.75 Å². The van der Waals surface area contributed by atoms with Crippen LogP contribution >= 0.6 is 35.6 Å². The van der Waals surface area contributed by atoms with Crippen LogP contribution in [0, 0.1) is 0 Å².